The molecule has 0 bridgehead atoms. The predicted molar refractivity (Wildman–Crippen MR) is 90.7 cm³/mol. The van der Waals surface area contributed by atoms with E-state index < -0.39 is 29.2 Å². The monoisotopic (exact) mass is 353 g/mol. The maximum absolute atomic E-state index is 13.0. The Balaban J connectivity index is 2.11. The molecular weight excluding hydrogens is 338 g/mol. The van der Waals surface area contributed by atoms with Gasteiger partial charge in [-0.1, -0.05) is 35.9 Å². The first-order valence-corrected chi connectivity index (χ1v) is 7.82. The van der Waals surface area contributed by atoms with Crippen LogP contribution in [0.15, 0.2) is 48.5 Å². The highest BCUT2D eigenvalue weighted by molar-refractivity contribution is 6.07. The van der Waals surface area contributed by atoms with Crippen LogP contribution in [0.2, 0.25) is 0 Å². The quantitative estimate of drug-likeness (QED) is 0.667. The summed E-state index contributed by atoms with van der Waals surface area (Å²) in [4.78, 5) is 29.6. The average molecular weight is 353 g/mol. The van der Waals surface area contributed by atoms with E-state index in [9.17, 15) is 25.3 Å². The van der Waals surface area contributed by atoms with Crippen molar-refractivity contribution in [3.63, 3.8) is 0 Å². The van der Waals surface area contributed by atoms with E-state index in [0.717, 1.165) is 10.5 Å². The minimum Gasteiger partial charge on any atom is -0.387 e. The molecule has 1 heterocycles. The number of aliphatic hydroxyl groups is 1. The zero-order valence-corrected chi connectivity index (χ0v) is 13.8. The van der Waals surface area contributed by atoms with Gasteiger partial charge in [0.2, 0.25) is 0 Å². The second-order valence-electron chi connectivity index (χ2n) is 5.91. The van der Waals surface area contributed by atoms with Crippen molar-refractivity contribution in [1.82, 2.24) is 0 Å². The summed E-state index contributed by atoms with van der Waals surface area (Å²) in [7, 11) is 0. The van der Waals surface area contributed by atoms with E-state index in [1.54, 1.807) is 42.5 Å². The lowest BCUT2D eigenvalue weighted by atomic mass is 9.90. The third-order valence-corrected chi connectivity index (χ3v) is 4.26. The van der Waals surface area contributed by atoms with Gasteiger partial charge in [-0.2, -0.15) is 5.26 Å². The van der Waals surface area contributed by atoms with E-state index >= 15 is 0 Å². The molecule has 0 spiro atoms. The van der Waals surface area contributed by atoms with Crippen molar-refractivity contribution in [2.45, 2.75) is 25.2 Å². The van der Waals surface area contributed by atoms with E-state index in [2.05, 4.69) is 4.84 Å². The predicted octanol–water partition coefficient (Wildman–Crippen LogP) is 2.16. The maximum Gasteiger partial charge on any atom is 0.295 e. The van der Waals surface area contributed by atoms with Crippen molar-refractivity contribution < 1.29 is 19.8 Å². The fourth-order valence-corrected chi connectivity index (χ4v) is 3.02. The van der Waals surface area contributed by atoms with Crippen LogP contribution in [-0.2, 0) is 4.84 Å². The van der Waals surface area contributed by atoms with Gasteiger partial charge in [0.1, 0.15) is 6.10 Å². The Morgan fingerprint density at radius 3 is 2.54 bits per heavy atom. The Bertz CT molecular complexity index is 890. The SMILES string of the molecule is Cc1ccc(C(=O)N2c3ccccc3[C@H](O[N+](=O)[O-])[C@H](O)[C@H]2C#N)cc1. The van der Waals surface area contributed by atoms with Crippen molar-refractivity contribution in [2.24, 2.45) is 0 Å². The first-order chi connectivity index (χ1) is 12.4. The van der Waals surface area contributed by atoms with Gasteiger partial charge in [-0.25, -0.2) is 0 Å². The summed E-state index contributed by atoms with van der Waals surface area (Å²) in [5.74, 6) is -0.484. The second-order valence-corrected chi connectivity index (χ2v) is 5.91. The van der Waals surface area contributed by atoms with E-state index in [-0.39, 0.29) is 5.56 Å². The van der Waals surface area contributed by atoms with Crippen LogP contribution in [0.1, 0.15) is 27.6 Å². The zero-order chi connectivity index (χ0) is 18.8. The zero-order valence-electron chi connectivity index (χ0n) is 13.8. The molecule has 3 atom stereocenters. The molecule has 0 saturated carbocycles. The minimum absolute atomic E-state index is 0.267. The standard InChI is InChI=1S/C18H15N3O5/c1-11-6-8-12(9-7-11)18(23)20-14-5-3-2-4-13(14)17(26-21(24)25)16(22)15(20)10-19/h2-9,15-17,22H,1H3/t15-,16-,17+/m1/s1. The van der Waals surface area contributed by atoms with Crippen molar-refractivity contribution in [3.05, 3.63) is 75.3 Å². The summed E-state index contributed by atoms with van der Waals surface area (Å²) in [5.41, 5.74) is 1.87. The average Bonchev–Trinajstić information content (AvgIpc) is 2.63. The molecule has 8 nitrogen and oxygen atoms in total. The molecule has 0 fully saturated rings. The van der Waals surface area contributed by atoms with Gasteiger partial charge in [0.15, 0.2) is 12.1 Å². The van der Waals surface area contributed by atoms with Gasteiger partial charge in [-0.05, 0) is 25.1 Å². The number of para-hydroxylation sites is 1. The van der Waals surface area contributed by atoms with Crippen LogP contribution in [0.5, 0.6) is 0 Å². The normalized spacial score (nSPS) is 21.4. The number of aryl methyl sites for hydroxylation is 1. The van der Waals surface area contributed by atoms with E-state index in [4.69, 9.17) is 0 Å². The molecule has 132 valence electrons. The molecule has 2 aromatic carbocycles. The third kappa shape index (κ3) is 2.96. The lowest BCUT2D eigenvalue weighted by Crippen LogP contribution is -2.53. The largest absolute Gasteiger partial charge is 0.387 e. The fraction of sp³-hybridized carbons (Fsp3) is 0.222. The van der Waals surface area contributed by atoms with Crippen LogP contribution in [0.25, 0.3) is 0 Å². The lowest BCUT2D eigenvalue weighted by Gasteiger charge is -2.40. The van der Waals surface area contributed by atoms with Crippen LogP contribution in [0.4, 0.5) is 5.69 Å². The Hall–Kier alpha value is -3.44. The molecule has 0 aliphatic carbocycles. The number of hydrogen-bond donors (Lipinski definition) is 1. The fourth-order valence-electron chi connectivity index (χ4n) is 3.02. The van der Waals surface area contributed by atoms with Gasteiger partial charge < -0.3 is 9.94 Å². The van der Waals surface area contributed by atoms with Crippen molar-refractivity contribution >= 4 is 11.6 Å². The van der Waals surface area contributed by atoms with E-state index in [0.29, 0.717) is 11.3 Å². The van der Waals surface area contributed by atoms with Gasteiger partial charge in [-0.3, -0.25) is 9.69 Å². The van der Waals surface area contributed by atoms with Crippen molar-refractivity contribution in [3.8, 4) is 6.07 Å². The van der Waals surface area contributed by atoms with Gasteiger partial charge >= 0.3 is 0 Å². The molecule has 0 saturated heterocycles. The number of rotatable bonds is 3. The van der Waals surface area contributed by atoms with Crippen LogP contribution >= 0.6 is 0 Å². The number of anilines is 1. The second kappa shape index (κ2) is 6.82. The molecule has 1 N–H and O–H groups in total. The van der Waals surface area contributed by atoms with Crippen LogP contribution in [0, 0.1) is 28.4 Å². The molecule has 1 amide bonds. The summed E-state index contributed by atoms with van der Waals surface area (Å²) in [6.07, 6.45) is -2.93. The number of nitrogens with zero attached hydrogens (tertiary/aromatic N) is 3. The summed E-state index contributed by atoms with van der Waals surface area (Å²) in [6, 6.07) is 13.7. The number of benzene rings is 2. The molecule has 8 heteroatoms. The lowest BCUT2D eigenvalue weighted by molar-refractivity contribution is -0.773. The number of hydrogen-bond acceptors (Lipinski definition) is 6. The number of carbonyl (C=O) groups is 1. The topological polar surface area (TPSA) is 117 Å². The van der Waals surface area contributed by atoms with E-state index in [1.807, 2.05) is 13.0 Å². The molecule has 0 radical (unpaired) electrons. The summed E-state index contributed by atoms with van der Waals surface area (Å²) in [6.45, 7) is 1.88. The molecular formula is C18H15N3O5. The Morgan fingerprint density at radius 2 is 1.92 bits per heavy atom. The maximum atomic E-state index is 13.0. The molecule has 26 heavy (non-hydrogen) atoms. The summed E-state index contributed by atoms with van der Waals surface area (Å²) < 4.78 is 0. The highest BCUT2D eigenvalue weighted by atomic mass is 17.0. The Labute approximate surface area is 149 Å². The van der Waals surface area contributed by atoms with Gasteiger partial charge in [0, 0.05) is 11.1 Å². The van der Waals surface area contributed by atoms with Gasteiger partial charge in [0.25, 0.3) is 11.0 Å². The third-order valence-electron chi connectivity index (χ3n) is 4.26. The highest BCUT2D eigenvalue weighted by Gasteiger charge is 2.45. The number of fused-ring (bicyclic) bond motifs is 1. The molecule has 0 aromatic heterocycles. The number of nitriles is 1. The summed E-state index contributed by atoms with van der Waals surface area (Å²) in [5, 5.41) is 29.8. The smallest absolute Gasteiger partial charge is 0.295 e. The van der Waals surface area contributed by atoms with E-state index in [1.165, 1.54) is 6.07 Å². The number of aliphatic hydroxyl groups excluding tert-OH is 1. The Morgan fingerprint density at radius 1 is 1.27 bits per heavy atom. The molecule has 1 aliphatic heterocycles. The van der Waals surface area contributed by atoms with Crippen molar-refractivity contribution in [1.29, 1.82) is 5.26 Å². The summed E-state index contributed by atoms with van der Waals surface area (Å²) >= 11 is 0. The van der Waals surface area contributed by atoms with Crippen LogP contribution in [-0.4, -0.2) is 28.2 Å². The van der Waals surface area contributed by atoms with Crippen molar-refractivity contribution in [2.75, 3.05) is 4.90 Å². The minimum atomic E-state index is -1.57. The first-order valence-electron chi connectivity index (χ1n) is 7.82. The molecule has 1 aliphatic rings. The molecule has 2 aromatic rings. The van der Waals surface area contributed by atoms with Gasteiger partial charge in [0.05, 0.1) is 11.8 Å². The van der Waals surface area contributed by atoms with Crippen LogP contribution in [0.3, 0.4) is 0 Å². The molecule has 3 rings (SSSR count). The Kier molecular flexibility index (Phi) is 4.56. The number of carbonyl (C=O) groups excluding carboxylic acids is 1. The molecule has 0 unspecified atom stereocenters. The number of amides is 1. The van der Waals surface area contributed by atoms with Crippen LogP contribution < -0.4 is 4.90 Å². The van der Waals surface area contributed by atoms with Gasteiger partial charge in [-0.15, -0.1) is 10.1 Å². The first kappa shape index (κ1) is 17.4. The highest BCUT2D eigenvalue weighted by Crippen LogP contribution is 2.40.